The lowest BCUT2D eigenvalue weighted by atomic mass is 10.1. The summed E-state index contributed by atoms with van der Waals surface area (Å²) >= 11 is 0. The predicted octanol–water partition coefficient (Wildman–Crippen LogP) is 2.29. The third-order valence-electron chi connectivity index (χ3n) is 2.19. The molecule has 5 heteroatoms. The Morgan fingerprint density at radius 2 is 1.94 bits per heavy atom. The Morgan fingerprint density at radius 1 is 1.18 bits per heavy atom. The average molecular weight is 234 g/mol. The summed E-state index contributed by atoms with van der Waals surface area (Å²) < 4.78 is 25.7. The molecule has 0 saturated heterocycles. The molecule has 0 radical (unpaired) electrons. The van der Waals surface area contributed by atoms with Gasteiger partial charge in [0, 0.05) is 11.8 Å². The van der Waals surface area contributed by atoms with Crippen molar-refractivity contribution in [3.05, 3.63) is 59.2 Å². The number of rotatable bonds is 2. The van der Waals surface area contributed by atoms with E-state index in [0.717, 1.165) is 12.1 Å². The Hall–Kier alpha value is -2.17. The van der Waals surface area contributed by atoms with Gasteiger partial charge in [-0.05, 0) is 31.2 Å². The van der Waals surface area contributed by atoms with Gasteiger partial charge in [-0.15, -0.1) is 0 Å². The molecule has 0 spiro atoms. The van der Waals surface area contributed by atoms with Crippen molar-refractivity contribution in [2.24, 2.45) is 0 Å². The van der Waals surface area contributed by atoms with Gasteiger partial charge in [-0.2, -0.15) is 0 Å². The summed E-state index contributed by atoms with van der Waals surface area (Å²) in [4.78, 5) is 19.7. The summed E-state index contributed by atoms with van der Waals surface area (Å²) in [5.41, 5.74) is 0.213. The van der Waals surface area contributed by atoms with Crippen molar-refractivity contribution in [1.29, 1.82) is 0 Å². The number of ketones is 1. The highest BCUT2D eigenvalue weighted by Gasteiger charge is 2.13. The highest BCUT2D eigenvalue weighted by molar-refractivity contribution is 6.07. The first-order chi connectivity index (χ1) is 8.08. The SMILES string of the molecule is Cc1nccc(C(=O)c2ccc(F)c(F)c2)n1. The van der Waals surface area contributed by atoms with E-state index in [1.165, 1.54) is 18.3 Å². The normalized spacial score (nSPS) is 10.3. The van der Waals surface area contributed by atoms with Gasteiger partial charge >= 0.3 is 0 Å². The van der Waals surface area contributed by atoms with Crippen LogP contribution in [0.5, 0.6) is 0 Å². The Labute approximate surface area is 96.2 Å². The molecule has 0 atom stereocenters. The quantitative estimate of drug-likeness (QED) is 0.749. The van der Waals surface area contributed by atoms with Gasteiger partial charge in [0.2, 0.25) is 5.78 Å². The number of hydrogen-bond acceptors (Lipinski definition) is 3. The molecule has 0 unspecified atom stereocenters. The molecule has 0 bridgehead atoms. The number of benzene rings is 1. The highest BCUT2D eigenvalue weighted by Crippen LogP contribution is 2.12. The number of nitrogens with zero attached hydrogens (tertiary/aromatic N) is 2. The fraction of sp³-hybridized carbons (Fsp3) is 0.0833. The molecule has 1 aromatic heterocycles. The van der Waals surface area contributed by atoms with Gasteiger partial charge in [-0.1, -0.05) is 0 Å². The molecule has 1 heterocycles. The molecule has 0 aliphatic carbocycles. The molecule has 17 heavy (non-hydrogen) atoms. The Morgan fingerprint density at radius 3 is 2.59 bits per heavy atom. The largest absolute Gasteiger partial charge is 0.287 e. The lowest BCUT2D eigenvalue weighted by Gasteiger charge is -2.01. The van der Waals surface area contributed by atoms with Gasteiger partial charge in [0.05, 0.1) is 0 Å². The molecule has 2 aromatic rings. The van der Waals surface area contributed by atoms with E-state index in [2.05, 4.69) is 9.97 Å². The third-order valence-corrected chi connectivity index (χ3v) is 2.19. The highest BCUT2D eigenvalue weighted by atomic mass is 19.2. The molecule has 0 saturated carbocycles. The van der Waals surface area contributed by atoms with E-state index < -0.39 is 17.4 Å². The average Bonchev–Trinajstić information content (AvgIpc) is 2.32. The molecular formula is C12H8F2N2O. The van der Waals surface area contributed by atoms with Crippen LogP contribution in [0.4, 0.5) is 8.78 Å². The summed E-state index contributed by atoms with van der Waals surface area (Å²) in [7, 11) is 0. The maximum atomic E-state index is 13.0. The first-order valence-corrected chi connectivity index (χ1v) is 4.87. The monoisotopic (exact) mass is 234 g/mol. The van der Waals surface area contributed by atoms with E-state index in [-0.39, 0.29) is 11.3 Å². The molecule has 3 nitrogen and oxygen atoms in total. The number of halogens is 2. The zero-order valence-corrected chi connectivity index (χ0v) is 8.95. The van der Waals surface area contributed by atoms with Gasteiger partial charge in [0.1, 0.15) is 11.5 Å². The zero-order valence-electron chi connectivity index (χ0n) is 8.95. The lowest BCUT2D eigenvalue weighted by molar-refractivity contribution is 0.103. The third kappa shape index (κ3) is 2.33. The first-order valence-electron chi connectivity index (χ1n) is 4.87. The first kappa shape index (κ1) is 11.3. The molecule has 0 aliphatic rings. The van der Waals surface area contributed by atoms with E-state index in [0.29, 0.717) is 5.82 Å². The number of aromatic nitrogens is 2. The van der Waals surface area contributed by atoms with Crippen LogP contribution < -0.4 is 0 Å². The van der Waals surface area contributed by atoms with Crippen molar-refractivity contribution in [1.82, 2.24) is 9.97 Å². The summed E-state index contributed by atoms with van der Waals surface area (Å²) in [6.07, 6.45) is 1.44. The van der Waals surface area contributed by atoms with Gasteiger partial charge in [0.25, 0.3) is 0 Å². The maximum absolute atomic E-state index is 13.0. The minimum atomic E-state index is -1.05. The number of carbonyl (C=O) groups excluding carboxylic acids is 1. The van der Waals surface area contributed by atoms with Crippen LogP contribution in [-0.4, -0.2) is 15.8 Å². The fourth-order valence-electron chi connectivity index (χ4n) is 1.37. The molecule has 0 amide bonds. The van der Waals surface area contributed by atoms with E-state index in [1.807, 2.05) is 0 Å². The second-order valence-electron chi connectivity index (χ2n) is 3.45. The Kier molecular flexibility index (Phi) is 2.91. The van der Waals surface area contributed by atoms with Crippen LogP contribution in [0.2, 0.25) is 0 Å². The topological polar surface area (TPSA) is 42.9 Å². The van der Waals surface area contributed by atoms with E-state index in [4.69, 9.17) is 0 Å². The van der Waals surface area contributed by atoms with Crippen molar-refractivity contribution in [3.8, 4) is 0 Å². The lowest BCUT2D eigenvalue weighted by Crippen LogP contribution is -2.06. The van der Waals surface area contributed by atoms with Crippen LogP contribution >= 0.6 is 0 Å². The standard InChI is InChI=1S/C12H8F2N2O/c1-7-15-5-4-11(16-7)12(17)8-2-3-9(13)10(14)6-8/h2-6H,1H3. The smallest absolute Gasteiger partial charge is 0.211 e. The van der Waals surface area contributed by atoms with Crippen molar-refractivity contribution in [2.45, 2.75) is 6.92 Å². The Balaban J connectivity index is 2.40. The van der Waals surface area contributed by atoms with Crippen LogP contribution in [0.3, 0.4) is 0 Å². The number of carbonyl (C=O) groups is 1. The Bertz CT molecular complexity index is 584. The maximum Gasteiger partial charge on any atom is 0.211 e. The van der Waals surface area contributed by atoms with Gasteiger partial charge in [0.15, 0.2) is 11.6 Å². The fourth-order valence-corrected chi connectivity index (χ4v) is 1.37. The van der Waals surface area contributed by atoms with Crippen molar-refractivity contribution in [3.63, 3.8) is 0 Å². The van der Waals surface area contributed by atoms with Crippen LogP contribution in [0.25, 0.3) is 0 Å². The van der Waals surface area contributed by atoms with Crippen LogP contribution in [0.1, 0.15) is 21.9 Å². The molecule has 1 aromatic carbocycles. The zero-order chi connectivity index (χ0) is 12.4. The summed E-state index contributed by atoms with van der Waals surface area (Å²) in [6.45, 7) is 1.64. The number of hydrogen-bond donors (Lipinski definition) is 0. The van der Waals surface area contributed by atoms with Crippen molar-refractivity contribution < 1.29 is 13.6 Å². The molecule has 86 valence electrons. The van der Waals surface area contributed by atoms with Crippen LogP contribution in [0, 0.1) is 18.6 Å². The summed E-state index contributed by atoms with van der Waals surface area (Å²) in [5, 5.41) is 0. The van der Waals surface area contributed by atoms with Crippen LogP contribution in [-0.2, 0) is 0 Å². The van der Waals surface area contributed by atoms with Crippen molar-refractivity contribution >= 4 is 5.78 Å². The minimum absolute atomic E-state index is 0.0574. The second-order valence-corrected chi connectivity index (χ2v) is 3.45. The van der Waals surface area contributed by atoms with Crippen LogP contribution in [0.15, 0.2) is 30.5 Å². The van der Waals surface area contributed by atoms with E-state index >= 15 is 0 Å². The predicted molar refractivity (Wildman–Crippen MR) is 56.6 cm³/mol. The minimum Gasteiger partial charge on any atom is -0.287 e. The van der Waals surface area contributed by atoms with Crippen molar-refractivity contribution in [2.75, 3.05) is 0 Å². The summed E-state index contributed by atoms with van der Waals surface area (Å²) in [6, 6.07) is 4.42. The van der Waals surface area contributed by atoms with Gasteiger partial charge in [-0.25, -0.2) is 18.7 Å². The van der Waals surface area contributed by atoms with E-state index in [1.54, 1.807) is 6.92 Å². The molecule has 0 fully saturated rings. The summed E-state index contributed by atoms with van der Waals surface area (Å²) in [5.74, 6) is -2.06. The molecular weight excluding hydrogens is 226 g/mol. The molecule has 0 aliphatic heterocycles. The molecule has 0 N–H and O–H groups in total. The number of aryl methyl sites for hydroxylation is 1. The second kappa shape index (κ2) is 4.37. The van der Waals surface area contributed by atoms with Gasteiger partial charge in [-0.3, -0.25) is 4.79 Å². The molecule has 2 rings (SSSR count). The van der Waals surface area contributed by atoms with E-state index in [9.17, 15) is 13.6 Å². The van der Waals surface area contributed by atoms with Gasteiger partial charge < -0.3 is 0 Å².